The average Bonchev–Trinajstić information content (AvgIpc) is 3.18. The molecule has 1 fully saturated rings. The average molecular weight is 411 g/mol. The Morgan fingerprint density at radius 3 is 2.67 bits per heavy atom. The Kier molecular flexibility index (Phi) is 4.62. The van der Waals surface area contributed by atoms with E-state index < -0.39 is 29.1 Å². The summed E-state index contributed by atoms with van der Waals surface area (Å²) in [5.74, 6) is 2.84. The number of carbonyl (C=O) groups excluding carboxylic acids is 3. The Hall–Kier alpha value is -3.93. The maximum atomic E-state index is 13.9. The van der Waals surface area contributed by atoms with Crippen LogP contribution in [0.25, 0.3) is 0 Å². The molecule has 2 aromatic rings. The Morgan fingerprint density at radius 1 is 1.17 bits per heavy atom. The first-order valence-corrected chi connectivity index (χ1v) is 8.89. The number of methoxy groups -OCH3 is 1. The van der Waals surface area contributed by atoms with Crippen molar-refractivity contribution in [2.24, 2.45) is 0 Å². The molecule has 9 heteroatoms. The molecule has 2 aromatic carbocycles. The predicted octanol–water partition coefficient (Wildman–Crippen LogP) is 1.56. The van der Waals surface area contributed by atoms with Gasteiger partial charge in [-0.3, -0.25) is 14.9 Å². The van der Waals surface area contributed by atoms with E-state index in [2.05, 4.69) is 22.5 Å². The summed E-state index contributed by atoms with van der Waals surface area (Å²) in [6, 6.07) is 6.98. The van der Waals surface area contributed by atoms with Crippen LogP contribution in [-0.4, -0.2) is 41.9 Å². The summed E-state index contributed by atoms with van der Waals surface area (Å²) in [6.07, 6.45) is 0. The fourth-order valence-corrected chi connectivity index (χ4v) is 3.38. The van der Waals surface area contributed by atoms with Gasteiger partial charge in [-0.2, -0.15) is 0 Å². The van der Waals surface area contributed by atoms with E-state index in [9.17, 15) is 23.2 Å². The highest BCUT2D eigenvalue weighted by Gasteiger charge is 2.48. The van der Waals surface area contributed by atoms with Crippen LogP contribution in [0.15, 0.2) is 36.4 Å². The predicted molar refractivity (Wildman–Crippen MR) is 100 cm³/mol. The van der Waals surface area contributed by atoms with Crippen LogP contribution < -0.4 is 15.4 Å². The molecule has 0 aromatic heterocycles. The molecule has 2 aliphatic heterocycles. The smallest absolute Gasteiger partial charge is 0.323 e. The summed E-state index contributed by atoms with van der Waals surface area (Å²) in [5.41, 5.74) is -0.940. The van der Waals surface area contributed by atoms with Crippen LogP contribution in [0.3, 0.4) is 0 Å². The zero-order valence-electron chi connectivity index (χ0n) is 15.7. The standard InChI is InChI=1S/C21H15F2N3O4/c1-30-15-4-2-13-10-26(18(27)16(13)9-15)11-21(19(28)24-20(29)25-21)7-6-12-8-14(22)3-5-17(12)23/h2-5,8-9H,10-11H2,1H3,(H2,24,25,28,29)/t21-/m1/s1. The SMILES string of the molecule is COc1ccc2c(c1)C(=O)N(C[C@@]1(C#Cc3cc(F)ccc3F)NC(=O)NC1=O)C2. The zero-order chi connectivity index (χ0) is 21.5. The molecule has 30 heavy (non-hydrogen) atoms. The molecule has 0 unspecified atom stereocenters. The first-order valence-electron chi connectivity index (χ1n) is 8.89. The molecule has 2 N–H and O–H groups in total. The Bertz CT molecular complexity index is 1150. The van der Waals surface area contributed by atoms with Crippen LogP contribution in [-0.2, 0) is 11.3 Å². The fraction of sp³-hybridized carbons (Fsp3) is 0.190. The molecule has 7 nitrogen and oxygen atoms in total. The van der Waals surface area contributed by atoms with E-state index in [1.807, 2.05) is 0 Å². The molecule has 4 amide bonds. The summed E-state index contributed by atoms with van der Waals surface area (Å²) in [6.45, 7) is -0.0800. The summed E-state index contributed by atoms with van der Waals surface area (Å²) >= 11 is 0. The minimum Gasteiger partial charge on any atom is -0.497 e. The quantitative estimate of drug-likeness (QED) is 0.593. The van der Waals surface area contributed by atoms with Crippen molar-refractivity contribution >= 4 is 17.8 Å². The van der Waals surface area contributed by atoms with Crippen molar-refractivity contribution in [3.63, 3.8) is 0 Å². The number of amides is 4. The molecule has 1 saturated heterocycles. The molecular weight excluding hydrogens is 396 g/mol. The van der Waals surface area contributed by atoms with Gasteiger partial charge in [0.25, 0.3) is 11.8 Å². The number of hydrogen-bond donors (Lipinski definition) is 2. The number of urea groups is 1. The lowest BCUT2D eigenvalue weighted by Gasteiger charge is -2.26. The molecule has 0 radical (unpaired) electrons. The molecule has 0 bridgehead atoms. The summed E-state index contributed by atoms with van der Waals surface area (Å²) in [7, 11) is 1.48. The third-order valence-corrected chi connectivity index (χ3v) is 4.90. The second-order valence-corrected chi connectivity index (χ2v) is 6.87. The van der Waals surface area contributed by atoms with Crippen molar-refractivity contribution in [2.45, 2.75) is 12.1 Å². The number of halogens is 2. The number of nitrogens with zero attached hydrogens (tertiary/aromatic N) is 1. The van der Waals surface area contributed by atoms with Gasteiger partial charge in [0, 0.05) is 12.1 Å². The second-order valence-electron chi connectivity index (χ2n) is 6.87. The molecule has 2 heterocycles. The Labute approximate surface area is 170 Å². The van der Waals surface area contributed by atoms with E-state index in [0.717, 1.165) is 23.8 Å². The number of rotatable bonds is 3. The van der Waals surface area contributed by atoms with Crippen LogP contribution in [0.1, 0.15) is 21.5 Å². The highest BCUT2D eigenvalue weighted by Crippen LogP contribution is 2.28. The summed E-state index contributed by atoms with van der Waals surface area (Å²) in [4.78, 5) is 38.5. The first-order chi connectivity index (χ1) is 14.3. The number of fused-ring (bicyclic) bond motifs is 1. The van der Waals surface area contributed by atoms with E-state index in [0.29, 0.717) is 11.3 Å². The van der Waals surface area contributed by atoms with Gasteiger partial charge in [0.05, 0.1) is 19.2 Å². The number of nitrogens with one attached hydrogen (secondary N) is 2. The Balaban J connectivity index is 1.67. The number of carbonyl (C=O) groups is 3. The van der Waals surface area contributed by atoms with Gasteiger partial charge in [0.2, 0.25) is 5.54 Å². The van der Waals surface area contributed by atoms with Crippen LogP contribution in [0.5, 0.6) is 5.75 Å². The van der Waals surface area contributed by atoms with E-state index in [4.69, 9.17) is 4.74 Å². The zero-order valence-corrected chi connectivity index (χ0v) is 15.7. The van der Waals surface area contributed by atoms with Gasteiger partial charge in [-0.15, -0.1) is 0 Å². The van der Waals surface area contributed by atoms with E-state index in [1.165, 1.54) is 12.0 Å². The van der Waals surface area contributed by atoms with Crippen molar-refractivity contribution in [3.8, 4) is 17.6 Å². The molecule has 152 valence electrons. The summed E-state index contributed by atoms with van der Waals surface area (Å²) < 4.78 is 32.5. The fourth-order valence-electron chi connectivity index (χ4n) is 3.38. The van der Waals surface area contributed by atoms with E-state index >= 15 is 0 Å². The number of benzene rings is 2. The number of ether oxygens (including phenoxy) is 1. The number of hydrogen-bond acceptors (Lipinski definition) is 4. The van der Waals surface area contributed by atoms with Crippen molar-refractivity contribution in [2.75, 3.05) is 13.7 Å². The monoisotopic (exact) mass is 411 g/mol. The van der Waals surface area contributed by atoms with Gasteiger partial charge < -0.3 is 15.0 Å². The van der Waals surface area contributed by atoms with Crippen molar-refractivity contribution in [1.82, 2.24) is 15.5 Å². The lowest BCUT2D eigenvalue weighted by atomic mass is 9.99. The minimum absolute atomic E-state index is 0.194. The number of imide groups is 1. The maximum Gasteiger partial charge on any atom is 0.323 e. The van der Waals surface area contributed by atoms with Gasteiger partial charge in [0.1, 0.15) is 17.4 Å². The van der Waals surface area contributed by atoms with Crippen molar-refractivity contribution in [3.05, 3.63) is 64.7 Å². The van der Waals surface area contributed by atoms with Crippen molar-refractivity contribution < 1.29 is 27.9 Å². The Morgan fingerprint density at radius 2 is 1.97 bits per heavy atom. The first kappa shape index (κ1) is 19.4. The molecule has 2 aliphatic rings. The van der Waals surface area contributed by atoms with Gasteiger partial charge >= 0.3 is 6.03 Å². The van der Waals surface area contributed by atoms with Gasteiger partial charge in [-0.05, 0) is 35.9 Å². The van der Waals surface area contributed by atoms with Crippen LogP contribution in [0.2, 0.25) is 0 Å². The van der Waals surface area contributed by atoms with Crippen molar-refractivity contribution in [1.29, 1.82) is 0 Å². The minimum atomic E-state index is -1.81. The van der Waals surface area contributed by atoms with Crippen LogP contribution in [0.4, 0.5) is 13.6 Å². The maximum absolute atomic E-state index is 13.9. The highest BCUT2D eigenvalue weighted by molar-refractivity contribution is 6.10. The molecule has 0 saturated carbocycles. The second kappa shape index (κ2) is 7.15. The van der Waals surface area contributed by atoms with Gasteiger partial charge in [0.15, 0.2) is 0 Å². The highest BCUT2D eigenvalue weighted by atomic mass is 19.1. The molecule has 4 rings (SSSR count). The lowest BCUT2D eigenvalue weighted by molar-refractivity contribution is -0.122. The van der Waals surface area contributed by atoms with E-state index in [-0.39, 0.29) is 24.6 Å². The topological polar surface area (TPSA) is 87.7 Å². The van der Waals surface area contributed by atoms with Crippen LogP contribution in [0, 0.1) is 23.5 Å². The molecule has 1 atom stereocenters. The normalized spacial score (nSPS) is 19.7. The van der Waals surface area contributed by atoms with Crippen LogP contribution >= 0.6 is 0 Å². The molecular formula is C21H15F2N3O4. The molecule has 0 spiro atoms. The third-order valence-electron chi connectivity index (χ3n) is 4.90. The molecule has 0 aliphatic carbocycles. The third kappa shape index (κ3) is 3.33. The largest absolute Gasteiger partial charge is 0.497 e. The van der Waals surface area contributed by atoms with E-state index in [1.54, 1.807) is 18.2 Å². The van der Waals surface area contributed by atoms with Gasteiger partial charge in [-0.1, -0.05) is 17.9 Å². The van der Waals surface area contributed by atoms with Gasteiger partial charge in [-0.25, -0.2) is 13.6 Å². The lowest BCUT2D eigenvalue weighted by Crippen LogP contribution is -2.54. The summed E-state index contributed by atoms with van der Waals surface area (Å²) in [5, 5.41) is 4.49.